The lowest BCUT2D eigenvalue weighted by molar-refractivity contribution is 0.168. The standard InChI is InChI=1S/C13H20N2O2/c1-4-17-13(16)15-12-7-5-6-11(8-12)9-14-10(2)3/h5-8,10,14H,4,9H2,1-3H3,(H,15,16). The maximum Gasteiger partial charge on any atom is 0.411 e. The molecule has 0 saturated heterocycles. The Hall–Kier alpha value is -1.55. The Morgan fingerprint density at radius 2 is 2.18 bits per heavy atom. The van der Waals surface area contributed by atoms with E-state index in [1.807, 2.05) is 24.3 Å². The third kappa shape index (κ3) is 5.36. The van der Waals surface area contributed by atoms with Gasteiger partial charge < -0.3 is 10.1 Å². The van der Waals surface area contributed by atoms with E-state index in [1.165, 1.54) is 0 Å². The molecule has 0 bridgehead atoms. The molecule has 1 amide bonds. The zero-order valence-electron chi connectivity index (χ0n) is 10.6. The Morgan fingerprint density at radius 1 is 1.41 bits per heavy atom. The molecule has 0 unspecified atom stereocenters. The molecular formula is C13H20N2O2. The first-order valence-electron chi connectivity index (χ1n) is 5.88. The molecule has 0 fully saturated rings. The topological polar surface area (TPSA) is 50.4 Å². The van der Waals surface area contributed by atoms with Gasteiger partial charge >= 0.3 is 6.09 Å². The average Bonchev–Trinajstić information content (AvgIpc) is 2.27. The van der Waals surface area contributed by atoms with Crippen molar-refractivity contribution in [2.75, 3.05) is 11.9 Å². The van der Waals surface area contributed by atoms with Gasteiger partial charge in [0, 0.05) is 18.3 Å². The van der Waals surface area contributed by atoms with Gasteiger partial charge in [0.1, 0.15) is 0 Å². The van der Waals surface area contributed by atoms with Crippen molar-refractivity contribution in [3.63, 3.8) is 0 Å². The van der Waals surface area contributed by atoms with E-state index in [0.717, 1.165) is 17.8 Å². The van der Waals surface area contributed by atoms with Gasteiger partial charge in [-0.2, -0.15) is 0 Å². The highest BCUT2D eigenvalue weighted by Gasteiger charge is 2.02. The number of ether oxygens (including phenoxy) is 1. The molecule has 2 N–H and O–H groups in total. The van der Waals surface area contributed by atoms with Crippen LogP contribution in [-0.4, -0.2) is 18.7 Å². The summed E-state index contributed by atoms with van der Waals surface area (Å²) < 4.78 is 4.82. The zero-order valence-corrected chi connectivity index (χ0v) is 10.6. The highest BCUT2D eigenvalue weighted by molar-refractivity contribution is 5.84. The molecule has 0 aliphatic heterocycles. The van der Waals surface area contributed by atoms with Crippen LogP contribution < -0.4 is 10.6 Å². The summed E-state index contributed by atoms with van der Waals surface area (Å²) in [6.07, 6.45) is -0.415. The van der Waals surface area contributed by atoms with Gasteiger partial charge in [-0.3, -0.25) is 5.32 Å². The Morgan fingerprint density at radius 3 is 2.82 bits per heavy atom. The Balaban J connectivity index is 2.56. The molecule has 0 saturated carbocycles. The first-order valence-corrected chi connectivity index (χ1v) is 5.88. The van der Waals surface area contributed by atoms with E-state index < -0.39 is 6.09 Å². The van der Waals surface area contributed by atoms with E-state index in [0.29, 0.717) is 12.6 Å². The summed E-state index contributed by atoms with van der Waals surface area (Å²) in [4.78, 5) is 11.2. The van der Waals surface area contributed by atoms with Crippen LogP contribution >= 0.6 is 0 Å². The largest absolute Gasteiger partial charge is 0.450 e. The van der Waals surface area contributed by atoms with Crippen molar-refractivity contribution in [1.82, 2.24) is 5.32 Å². The monoisotopic (exact) mass is 236 g/mol. The average molecular weight is 236 g/mol. The summed E-state index contributed by atoms with van der Waals surface area (Å²) in [7, 11) is 0. The van der Waals surface area contributed by atoms with Crippen molar-refractivity contribution in [3.8, 4) is 0 Å². The molecule has 0 atom stereocenters. The van der Waals surface area contributed by atoms with Gasteiger partial charge in [-0.15, -0.1) is 0 Å². The lowest BCUT2D eigenvalue weighted by atomic mass is 10.2. The minimum atomic E-state index is -0.415. The van der Waals surface area contributed by atoms with Crippen LogP contribution in [0.2, 0.25) is 0 Å². The lowest BCUT2D eigenvalue weighted by Crippen LogP contribution is -2.22. The lowest BCUT2D eigenvalue weighted by Gasteiger charge is -2.10. The first kappa shape index (κ1) is 13.5. The third-order valence-electron chi connectivity index (χ3n) is 2.16. The predicted octanol–water partition coefficient (Wildman–Crippen LogP) is 2.75. The SMILES string of the molecule is CCOC(=O)Nc1cccc(CNC(C)C)c1. The number of amides is 1. The van der Waals surface area contributed by atoms with Crippen molar-refractivity contribution >= 4 is 11.8 Å². The number of carbonyl (C=O) groups excluding carboxylic acids is 1. The molecule has 1 aromatic carbocycles. The van der Waals surface area contributed by atoms with E-state index in [9.17, 15) is 4.79 Å². The summed E-state index contributed by atoms with van der Waals surface area (Å²) >= 11 is 0. The Kier molecular flexibility index (Phi) is 5.49. The first-order chi connectivity index (χ1) is 8.11. The molecule has 0 heterocycles. The second-order valence-electron chi connectivity index (χ2n) is 4.08. The number of nitrogens with one attached hydrogen (secondary N) is 2. The number of carbonyl (C=O) groups is 1. The summed E-state index contributed by atoms with van der Waals surface area (Å²) in [5.74, 6) is 0. The Labute approximate surface area is 102 Å². The molecular weight excluding hydrogens is 216 g/mol. The van der Waals surface area contributed by atoms with E-state index >= 15 is 0 Å². The molecule has 4 heteroatoms. The van der Waals surface area contributed by atoms with Crippen molar-refractivity contribution < 1.29 is 9.53 Å². The quantitative estimate of drug-likeness (QED) is 0.826. The van der Waals surface area contributed by atoms with Crippen LogP contribution in [0, 0.1) is 0 Å². The van der Waals surface area contributed by atoms with Gasteiger partial charge in [-0.1, -0.05) is 26.0 Å². The third-order valence-corrected chi connectivity index (χ3v) is 2.16. The normalized spacial score (nSPS) is 10.4. The maximum atomic E-state index is 11.2. The molecule has 94 valence electrons. The number of hydrogen-bond acceptors (Lipinski definition) is 3. The van der Waals surface area contributed by atoms with E-state index in [1.54, 1.807) is 6.92 Å². The second-order valence-corrected chi connectivity index (χ2v) is 4.08. The Bertz CT molecular complexity index is 364. The van der Waals surface area contributed by atoms with Crippen molar-refractivity contribution in [2.24, 2.45) is 0 Å². The second kappa shape index (κ2) is 6.91. The fourth-order valence-corrected chi connectivity index (χ4v) is 1.37. The fraction of sp³-hybridized carbons (Fsp3) is 0.462. The minimum Gasteiger partial charge on any atom is -0.450 e. The molecule has 0 radical (unpaired) electrons. The minimum absolute atomic E-state index is 0.375. The van der Waals surface area contributed by atoms with Crippen molar-refractivity contribution in [2.45, 2.75) is 33.4 Å². The molecule has 17 heavy (non-hydrogen) atoms. The summed E-state index contributed by atoms with van der Waals surface area (Å²) in [5.41, 5.74) is 1.89. The van der Waals surface area contributed by atoms with Crippen LogP contribution in [0.25, 0.3) is 0 Å². The smallest absolute Gasteiger partial charge is 0.411 e. The van der Waals surface area contributed by atoms with Crippen LogP contribution in [0.5, 0.6) is 0 Å². The van der Waals surface area contributed by atoms with Gasteiger partial charge in [-0.05, 0) is 24.6 Å². The van der Waals surface area contributed by atoms with E-state index in [2.05, 4.69) is 24.5 Å². The number of benzene rings is 1. The number of anilines is 1. The van der Waals surface area contributed by atoms with Crippen molar-refractivity contribution in [1.29, 1.82) is 0 Å². The van der Waals surface area contributed by atoms with Gasteiger partial charge in [0.05, 0.1) is 6.61 Å². The van der Waals surface area contributed by atoms with Crippen LogP contribution in [0.4, 0.5) is 10.5 Å². The predicted molar refractivity (Wildman–Crippen MR) is 69.1 cm³/mol. The summed E-state index contributed by atoms with van der Waals surface area (Å²) in [6, 6.07) is 8.16. The van der Waals surface area contributed by atoms with Crippen LogP contribution in [0.3, 0.4) is 0 Å². The molecule has 0 aliphatic carbocycles. The van der Waals surface area contributed by atoms with Gasteiger partial charge in [0.25, 0.3) is 0 Å². The van der Waals surface area contributed by atoms with Crippen LogP contribution in [0.1, 0.15) is 26.3 Å². The molecule has 0 aliphatic rings. The highest BCUT2D eigenvalue weighted by atomic mass is 16.5. The van der Waals surface area contributed by atoms with E-state index in [4.69, 9.17) is 4.74 Å². The van der Waals surface area contributed by atoms with E-state index in [-0.39, 0.29) is 0 Å². The highest BCUT2D eigenvalue weighted by Crippen LogP contribution is 2.11. The van der Waals surface area contributed by atoms with Crippen LogP contribution in [-0.2, 0) is 11.3 Å². The molecule has 0 spiro atoms. The van der Waals surface area contributed by atoms with Gasteiger partial charge in [0.15, 0.2) is 0 Å². The van der Waals surface area contributed by atoms with Gasteiger partial charge in [0.2, 0.25) is 0 Å². The molecule has 1 rings (SSSR count). The van der Waals surface area contributed by atoms with Gasteiger partial charge in [-0.25, -0.2) is 4.79 Å². The summed E-state index contributed by atoms with van der Waals surface area (Å²) in [6.45, 7) is 7.14. The zero-order chi connectivity index (χ0) is 12.7. The maximum absolute atomic E-state index is 11.2. The summed E-state index contributed by atoms with van der Waals surface area (Å²) in [5, 5.41) is 6.01. The van der Waals surface area contributed by atoms with Crippen molar-refractivity contribution in [3.05, 3.63) is 29.8 Å². The fourth-order valence-electron chi connectivity index (χ4n) is 1.37. The van der Waals surface area contributed by atoms with Crippen LogP contribution in [0.15, 0.2) is 24.3 Å². The number of rotatable bonds is 5. The molecule has 1 aromatic rings. The molecule has 0 aromatic heterocycles. The number of hydrogen-bond donors (Lipinski definition) is 2. The molecule has 4 nitrogen and oxygen atoms in total.